The van der Waals surface area contributed by atoms with Gasteiger partial charge < -0.3 is 0 Å². The third-order valence-corrected chi connectivity index (χ3v) is 1.83. The molecule has 0 aliphatic heterocycles. The highest BCUT2D eigenvalue weighted by Crippen LogP contribution is 2.15. The van der Waals surface area contributed by atoms with Crippen LogP contribution in [-0.4, -0.2) is 6.21 Å². The highest BCUT2D eigenvalue weighted by atomic mass is 35.5. The molecule has 1 aromatic carbocycles. The summed E-state index contributed by atoms with van der Waals surface area (Å²) in [6.07, 6.45) is 3.63. The molecule has 0 saturated heterocycles. The predicted octanol–water partition coefficient (Wildman–Crippen LogP) is 3.85. The van der Waals surface area contributed by atoms with Crippen LogP contribution in [0, 0.1) is 11.8 Å². The van der Waals surface area contributed by atoms with Crippen molar-refractivity contribution in [3.8, 4) is 11.8 Å². The molecule has 1 rings (SSSR count). The molecule has 14 heavy (non-hydrogen) atoms. The maximum absolute atomic E-state index is 5.73. The molecule has 1 aromatic rings. The Labute approximate surface area is 89.8 Å². The first kappa shape index (κ1) is 10.8. The van der Waals surface area contributed by atoms with Crippen LogP contribution in [-0.2, 0) is 0 Å². The molecule has 2 heteroatoms. The molecule has 0 spiro atoms. The summed E-state index contributed by atoms with van der Waals surface area (Å²) in [5.74, 6) is 5.87. The van der Waals surface area contributed by atoms with Crippen molar-refractivity contribution >= 4 is 23.5 Å². The van der Waals surface area contributed by atoms with Crippen molar-refractivity contribution in [3.63, 3.8) is 0 Å². The number of benzene rings is 1. The minimum absolute atomic E-state index is 0.723. The van der Waals surface area contributed by atoms with E-state index in [0.717, 1.165) is 23.6 Å². The van der Waals surface area contributed by atoms with Crippen LogP contribution in [0.15, 0.2) is 29.3 Å². The second-order valence-electron chi connectivity index (χ2n) is 2.81. The van der Waals surface area contributed by atoms with Gasteiger partial charge in [-0.1, -0.05) is 30.4 Å². The quantitative estimate of drug-likeness (QED) is 0.514. The third-order valence-electron chi connectivity index (χ3n) is 1.58. The van der Waals surface area contributed by atoms with E-state index in [4.69, 9.17) is 11.6 Å². The zero-order chi connectivity index (χ0) is 10.2. The summed E-state index contributed by atoms with van der Waals surface area (Å²) in [5, 5.41) is 0.723. The molecule has 0 saturated carbocycles. The molecular weight excluding hydrogens is 194 g/mol. The van der Waals surface area contributed by atoms with E-state index in [-0.39, 0.29) is 0 Å². The van der Waals surface area contributed by atoms with E-state index < -0.39 is 0 Å². The highest BCUT2D eigenvalue weighted by Gasteiger charge is 1.86. The van der Waals surface area contributed by atoms with Gasteiger partial charge in [-0.25, -0.2) is 4.99 Å². The van der Waals surface area contributed by atoms with E-state index >= 15 is 0 Å². The normalized spacial score (nSPS) is 9.86. The third kappa shape index (κ3) is 4.11. The van der Waals surface area contributed by atoms with Crippen LogP contribution in [0.4, 0.5) is 5.69 Å². The molecule has 0 aliphatic rings. The maximum Gasteiger partial charge on any atom is 0.0773 e. The molecule has 1 nitrogen and oxygen atoms in total. The van der Waals surface area contributed by atoms with Gasteiger partial charge in [0, 0.05) is 11.4 Å². The lowest BCUT2D eigenvalue weighted by molar-refractivity contribution is 0.984. The van der Waals surface area contributed by atoms with Crippen LogP contribution in [0.25, 0.3) is 0 Å². The number of hydrogen-bond donors (Lipinski definition) is 0. The van der Waals surface area contributed by atoms with E-state index in [0.29, 0.717) is 0 Å². The van der Waals surface area contributed by atoms with E-state index in [2.05, 4.69) is 23.8 Å². The Morgan fingerprint density at radius 3 is 2.71 bits per heavy atom. The van der Waals surface area contributed by atoms with Crippen LogP contribution in [0.5, 0.6) is 0 Å². The second kappa shape index (κ2) is 6.23. The molecule has 0 amide bonds. The van der Waals surface area contributed by atoms with Crippen molar-refractivity contribution < 1.29 is 0 Å². The summed E-state index contributed by atoms with van der Waals surface area (Å²) in [5.41, 5.74) is 0.875. The Morgan fingerprint density at radius 2 is 2.07 bits per heavy atom. The Balaban J connectivity index is 2.53. The van der Waals surface area contributed by atoms with Gasteiger partial charge in [0.15, 0.2) is 0 Å². The van der Waals surface area contributed by atoms with Crippen LogP contribution < -0.4 is 0 Å². The molecular formula is C12H12ClN. The van der Waals surface area contributed by atoms with E-state index in [1.807, 2.05) is 24.3 Å². The van der Waals surface area contributed by atoms with Crippen LogP contribution in [0.1, 0.15) is 19.8 Å². The van der Waals surface area contributed by atoms with Gasteiger partial charge in [0.1, 0.15) is 0 Å². The van der Waals surface area contributed by atoms with Crippen LogP contribution in [0.3, 0.4) is 0 Å². The average Bonchev–Trinajstić information content (AvgIpc) is 2.21. The molecule has 0 N–H and O–H groups in total. The number of halogens is 1. The molecule has 0 aromatic heterocycles. The molecule has 0 fully saturated rings. The Bertz CT molecular complexity index is 354. The van der Waals surface area contributed by atoms with Gasteiger partial charge >= 0.3 is 0 Å². The Kier molecular flexibility index (Phi) is 4.82. The largest absolute Gasteiger partial charge is 0.248 e. The number of hydrogen-bond acceptors (Lipinski definition) is 1. The van der Waals surface area contributed by atoms with Crippen molar-refractivity contribution in [2.75, 3.05) is 0 Å². The van der Waals surface area contributed by atoms with E-state index in [1.54, 1.807) is 6.21 Å². The summed E-state index contributed by atoms with van der Waals surface area (Å²) < 4.78 is 0. The number of rotatable bonds is 2. The van der Waals surface area contributed by atoms with E-state index in [1.165, 1.54) is 0 Å². The van der Waals surface area contributed by atoms with Gasteiger partial charge in [-0.3, -0.25) is 0 Å². The van der Waals surface area contributed by atoms with Crippen molar-refractivity contribution in [2.45, 2.75) is 19.8 Å². The Hall–Kier alpha value is -1.26. The fourth-order valence-electron chi connectivity index (χ4n) is 0.877. The smallest absolute Gasteiger partial charge is 0.0773 e. The number of unbranched alkanes of at least 4 members (excludes halogenated alkanes) is 1. The predicted molar refractivity (Wildman–Crippen MR) is 62.3 cm³/mol. The summed E-state index contributed by atoms with van der Waals surface area (Å²) in [6, 6.07) is 7.35. The standard InChI is InChI=1S/C12H12ClN/c1-2-3-4-5-10-14-12-8-6-11(13)7-9-12/h6-10H,2-3H2,1H3. The summed E-state index contributed by atoms with van der Waals surface area (Å²) in [6.45, 7) is 2.10. The van der Waals surface area contributed by atoms with Gasteiger partial charge in [-0.15, -0.1) is 0 Å². The van der Waals surface area contributed by atoms with Gasteiger partial charge in [0.2, 0.25) is 0 Å². The molecule has 0 aliphatic carbocycles. The lowest BCUT2D eigenvalue weighted by atomic mass is 10.3. The van der Waals surface area contributed by atoms with Crippen molar-refractivity contribution in [3.05, 3.63) is 29.3 Å². The zero-order valence-corrected chi connectivity index (χ0v) is 8.88. The molecule has 0 bridgehead atoms. The maximum atomic E-state index is 5.73. The fraction of sp³-hybridized carbons (Fsp3) is 0.250. The van der Waals surface area contributed by atoms with Gasteiger partial charge in [0.05, 0.1) is 11.9 Å². The monoisotopic (exact) mass is 205 g/mol. The highest BCUT2D eigenvalue weighted by molar-refractivity contribution is 6.30. The van der Waals surface area contributed by atoms with Gasteiger partial charge in [-0.2, -0.15) is 0 Å². The molecule has 72 valence electrons. The first-order valence-corrected chi connectivity index (χ1v) is 4.97. The first-order valence-electron chi connectivity index (χ1n) is 4.59. The summed E-state index contributed by atoms with van der Waals surface area (Å²) >= 11 is 5.73. The van der Waals surface area contributed by atoms with Crippen LogP contribution >= 0.6 is 11.6 Å². The second-order valence-corrected chi connectivity index (χ2v) is 3.24. The molecule has 0 radical (unpaired) electrons. The van der Waals surface area contributed by atoms with Crippen molar-refractivity contribution in [1.29, 1.82) is 0 Å². The molecule has 0 unspecified atom stereocenters. The van der Waals surface area contributed by atoms with Gasteiger partial charge in [-0.05, 0) is 30.7 Å². The zero-order valence-electron chi connectivity index (χ0n) is 8.13. The summed E-state index contributed by atoms with van der Waals surface area (Å²) in [7, 11) is 0. The van der Waals surface area contributed by atoms with Crippen molar-refractivity contribution in [2.24, 2.45) is 4.99 Å². The molecule has 0 heterocycles. The molecule has 0 atom stereocenters. The minimum atomic E-state index is 0.723. The van der Waals surface area contributed by atoms with Crippen LogP contribution in [0.2, 0.25) is 5.02 Å². The summed E-state index contributed by atoms with van der Waals surface area (Å²) in [4.78, 5) is 4.16. The van der Waals surface area contributed by atoms with Crippen molar-refractivity contribution in [1.82, 2.24) is 0 Å². The fourth-order valence-corrected chi connectivity index (χ4v) is 1.00. The lowest BCUT2D eigenvalue weighted by Gasteiger charge is -1.90. The van der Waals surface area contributed by atoms with E-state index in [9.17, 15) is 0 Å². The minimum Gasteiger partial charge on any atom is -0.248 e. The number of nitrogens with zero attached hydrogens (tertiary/aromatic N) is 1. The average molecular weight is 206 g/mol. The topological polar surface area (TPSA) is 12.4 Å². The van der Waals surface area contributed by atoms with Gasteiger partial charge in [0.25, 0.3) is 0 Å². The SMILES string of the molecule is CCCC#CC=Nc1ccc(Cl)cc1. The lowest BCUT2D eigenvalue weighted by Crippen LogP contribution is -1.68. The first-order chi connectivity index (χ1) is 6.83. The Morgan fingerprint density at radius 1 is 1.36 bits per heavy atom. The number of aliphatic imine (C=N–C) groups is 1.